The monoisotopic (exact) mass is 177 g/mol. The zero-order chi connectivity index (χ0) is 8.68. The van der Waals surface area contributed by atoms with Gasteiger partial charge in [-0.05, 0) is 38.0 Å². The smallest absolute Gasteiger partial charge is 0.196 e. The molecule has 4 bridgehead atoms. The van der Waals surface area contributed by atoms with E-state index in [0.29, 0.717) is 11.8 Å². The first-order valence-electron chi connectivity index (χ1n) is 5.43. The molecule has 4 aliphatic carbocycles. The topological polar surface area (TPSA) is 50.7 Å². The lowest BCUT2D eigenvalue weighted by Crippen LogP contribution is -2.62. The van der Waals surface area contributed by atoms with E-state index in [2.05, 4.69) is 10.2 Å². The Kier molecular flexibility index (Phi) is 0.905. The van der Waals surface area contributed by atoms with Gasteiger partial charge in [-0.25, -0.2) is 0 Å². The van der Waals surface area contributed by atoms with Crippen LogP contribution in [-0.4, -0.2) is 11.2 Å². The van der Waals surface area contributed by atoms with Gasteiger partial charge in [0.1, 0.15) is 0 Å². The molecule has 2 N–H and O–H groups in total. The van der Waals surface area contributed by atoms with Gasteiger partial charge in [0, 0.05) is 17.4 Å². The van der Waals surface area contributed by atoms with E-state index in [1.807, 2.05) is 0 Å². The first kappa shape index (κ1) is 6.93. The van der Waals surface area contributed by atoms with Crippen LogP contribution in [0, 0.1) is 17.8 Å². The van der Waals surface area contributed by atoms with Crippen LogP contribution in [-0.2, 0) is 0 Å². The molecule has 0 amide bonds. The summed E-state index contributed by atoms with van der Waals surface area (Å²) < 4.78 is 0. The minimum Gasteiger partial charge on any atom is -0.325 e. The van der Waals surface area contributed by atoms with Crippen molar-refractivity contribution >= 4 is 0 Å². The van der Waals surface area contributed by atoms with Gasteiger partial charge in [0.25, 0.3) is 0 Å². The summed E-state index contributed by atoms with van der Waals surface area (Å²) in [4.78, 5) is 0. The van der Waals surface area contributed by atoms with Crippen molar-refractivity contribution in [3.63, 3.8) is 0 Å². The molecule has 5 aliphatic rings. The molecule has 0 saturated heterocycles. The second-order valence-electron chi connectivity index (χ2n) is 5.69. The maximum absolute atomic E-state index is 6.39. The van der Waals surface area contributed by atoms with Crippen molar-refractivity contribution in [2.45, 2.75) is 43.3 Å². The van der Waals surface area contributed by atoms with E-state index in [1.54, 1.807) is 0 Å². The molecule has 0 aromatic carbocycles. The van der Waals surface area contributed by atoms with Crippen molar-refractivity contribution in [2.24, 2.45) is 33.7 Å². The summed E-state index contributed by atoms with van der Waals surface area (Å²) in [7, 11) is 0. The van der Waals surface area contributed by atoms with Crippen molar-refractivity contribution in [2.75, 3.05) is 0 Å². The predicted octanol–water partition coefficient (Wildman–Crippen LogP) is 1.69. The summed E-state index contributed by atoms with van der Waals surface area (Å²) in [6, 6.07) is 0. The van der Waals surface area contributed by atoms with Gasteiger partial charge >= 0.3 is 0 Å². The van der Waals surface area contributed by atoms with Crippen LogP contribution in [0.5, 0.6) is 0 Å². The molecular formula is C10H15N3. The Morgan fingerprint density at radius 3 is 2.08 bits per heavy atom. The fourth-order valence-corrected chi connectivity index (χ4v) is 4.41. The zero-order valence-corrected chi connectivity index (χ0v) is 7.74. The Morgan fingerprint density at radius 2 is 1.62 bits per heavy atom. The van der Waals surface area contributed by atoms with E-state index in [9.17, 15) is 0 Å². The molecule has 0 aromatic heterocycles. The van der Waals surface area contributed by atoms with Gasteiger partial charge in [-0.15, -0.1) is 0 Å². The fourth-order valence-electron chi connectivity index (χ4n) is 4.41. The highest BCUT2D eigenvalue weighted by Gasteiger charge is 2.66. The number of hydrogen-bond donors (Lipinski definition) is 1. The number of rotatable bonds is 0. The van der Waals surface area contributed by atoms with E-state index in [-0.39, 0.29) is 11.2 Å². The summed E-state index contributed by atoms with van der Waals surface area (Å²) >= 11 is 0. The molecule has 13 heavy (non-hydrogen) atoms. The third-order valence-corrected chi connectivity index (χ3v) is 4.77. The third kappa shape index (κ3) is 0.675. The first-order valence-corrected chi connectivity index (χ1v) is 5.43. The molecule has 1 heterocycles. The standard InChI is InChI=1S/C10H15N3/c11-9-3-6-1-7(4-9)10(12-13-10)8(2-6)5-9/h6-8H,1-5,11H2/t6?,7-,8+,9?. The molecule has 2 unspecified atom stereocenters. The van der Waals surface area contributed by atoms with E-state index >= 15 is 0 Å². The second kappa shape index (κ2) is 1.70. The lowest BCUT2D eigenvalue weighted by Gasteiger charge is -2.57. The SMILES string of the molecule is NC12CC3C[C@H](C1)C1(N=N1)[C@@H](C3)C2. The van der Waals surface area contributed by atoms with Gasteiger partial charge in [-0.1, -0.05) is 0 Å². The van der Waals surface area contributed by atoms with E-state index in [0.717, 1.165) is 5.92 Å². The summed E-state index contributed by atoms with van der Waals surface area (Å²) in [5.41, 5.74) is 6.66. The highest BCUT2D eigenvalue weighted by Crippen LogP contribution is 2.64. The van der Waals surface area contributed by atoms with Crippen LogP contribution < -0.4 is 5.73 Å². The van der Waals surface area contributed by atoms with Crippen molar-refractivity contribution < 1.29 is 0 Å². The van der Waals surface area contributed by atoms with Crippen LogP contribution in [0.3, 0.4) is 0 Å². The molecule has 0 aromatic rings. The second-order valence-corrected chi connectivity index (χ2v) is 5.69. The molecule has 4 atom stereocenters. The van der Waals surface area contributed by atoms with Gasteiger partial charge in [0.2, 0.25) is 0 Å². The Hall–Kier alpha value is -0.440. The number of nitrogens with zero attached hydrogens (tertiary/aromatic N) is 2. The summed E-state index contributed by atoms with van der Waals surface area (Å²) in [5, 5.41) is 8.67. The average Bonchev–Trinajstić information content (AvgIpc) is 2.77. The molecule has 70 valence electrons. The molecule has 0 radical (unpaired) electrons. The van der Waals surface area contributed by atoms with Crippen molar-refractivity contribution in [1.82, 2.24) is 0 Å². The lowest BCUT2D eigenvalue weighted by atomic mass is 9.50. The van der Waals surface area contributed by atoms with Crippen LogP contribution in [0.15, 0.2) is 10.2 Å². The van der Waals surface area contributed by atoms with Gasteiger partial charge in [0.15, 0.2) is 5.66 Å². The minimum absolute atomic E-state index is 0.0970. The summed E-state index contributed by atoms with van der Waals surface area (Å²) in [6.07, 6.45) is 6.35. The lowest BCUT2D eigenvalue weighted by molar-refractivity contribution is -0.0368. The summed E-state index contributed by atoms with van der Waals surface area (Å²) in [6.45, 7) is 0. The quantitative estimate of drug-likeness (QED) is 0.601. The van der Waals surface area contributed by atoms with Crippen LogP contribution in [0.1, 0.15) is 32.1 Å². The van der Waals surface area contributed by atoms with Crippen LogP contribution in [0.4, 0.5) is 0 Å². The molecule has 4 fully saturated rings. The molecule has 3 nitrogen and oxygen atoms in total. The van der Waals surface area contributed by atoms with Gasteiger partial charge in [0.05, 0.1) is 0 Å². The molecule has 3 heteroatoms. The van der Waals surface area contributed by atoms with Crippen molar-refractivity contribution in [1.29, 1.82) is 0 Å². The maximum Gasteiger partial charge on any atom is 0.196 e. The van der Waals surface area contributed by atoms with E-state index in [1.165, 1.54) is 32.1 Å². The normalized spacial score (nSPS) is 59.0. The minimum atomic E-state index is 0.0970. The van der Waals surface area contributed by atoms with E-state index in [4.69, 9.17) is 5.73 Å². The molecule has 5 rings (SSSR count). The summed E-state index contributed by atoms with van der Waals surface area (Å²) in [5.74, 6) is 2.33. The fraction of sp³-hybridized carbons (Fsp3) is 1.00. The maximum atomic E-state index is 6.39. The third-order valence-electron chi connectivity index (χ3n) is 4.77. The van der Waals surface area contributed by atoms with Crippen molar-refractivity contribution in [3.8, 4) is 0 Å². The number of nitrogens with two attached hydrogens (primary N) is 1. The largest absolute Gasteiger partial charge is 0.325 e. The van der Waals surface area contributed by atoms with Crippen molar-refractivity contribution in [3.05, 3.63) is 0 Å². The van der Waals surface area contributed by atoms with Crippen LogP contribution in [0.25, 0.3) is 0 Å². The number of hydrogen-bond acceptors (Lipinski definition) is 3. The Balaban J connectivity index is 1.79. The van der Waals surface area contributed by atoms with Gasteiger partial charge in [-0.2, -0.15) is 10.2 Å². The highest BCUT2D eigenvalue weighted by atomic mass is 15.5. The molecular weight excluding hydrogens is 162 g/mol. The Labute approximate surface area is 77.8 Å². The average molecular weight is 177 g/mol. The van der Waals surface area contributed by atoms with Gasteiger partial charge in [-0.3, -0.25) is 0 Å². The predicted molar refractivity (Wildman–Crippen MR) is 48.1 cm³/mol. The molecule has 4 saturated carbocycles. The Morgan fingerprint density at radius 1 is 1.00 bits per heavy atom. The zero-order valence-electron chi connectivity index (χ0n) is 7.74. The molecule has 1 aliphatic heterocycles. The first-order chi connectivity index (χ1) is 6.20. The van der Waals surface area contributed by atoms with Gasteiger partial charge < -0.3 is 5.73 Å². The molecule has 1 spiro atoms. The Bertz CT molecular complexity index is 285. The van der Waals surface area contributed by atoms with Crippen LogP contribution >= 0.6 is 0 Å². The highest BCUT2D eigenvalue weighted by molar-refractivity contribution is 5.19. The van der Waals surface area contributed by atoms with E-state index < -0.39 is 0 Å². The van der Waals surface area contributed by atoms with Crippen LogP contribution in [0.2, 0.25) is 0 Å².